The molecule has 5 nitrogen and oxygen atoms in total. The van der Waals surface area contributed by atoms with Crippen molar-refractivity contribution in [2.75, 3.05) is 36.5 Å². The van der Waals surface area contributed by atoms with E-state index in [0.29, 0.717) is 35.2 Å². The van der Waals surface area contributed by atoms with Gasteiger partial charge in [0.05, 0.1) is 41.4 Å². The summed E-state index contributed by atoms with van der Waals surface area (Å²) >= 11 is 6.35. The minimum absolute atomic E-state index is 0.206. The van der Waals surface area contributed by atoms with Crippen molar-refractivity contribution in [1.29, 1.82) is 0 Å². The molecule has 0 saturated carbocycles. The SMILES string of the molecule is Cc1occc1C(=O)Nc1cccc(Cl)c1N1CCOCC1. The van der Waals surface area contributed by atoms with Crippen LogP contribution < -0.4 is 10.2 Å². The first kappa shape index (κ1) is 14.9. The van der Waals surface area contributed by atoms with Crippen LogP contribution in [0.5, 0.6) is 0 Å². The monoisotopic (exact) mass is 320 g/mol. The van der Waals surface area contributed by atoms with Crippen LogP contribution in [0, 0.1) is 6.92 Å². The number of amides is 1. The highest BCUT2D eigenvalue weighted by atomic mass is 35.5. The van der Waals surface area contributed by atoms with Crippen molar-refractivity contribution < 1.29 is 13.9 Å². The Bertz CT molecular complexity index is 678. The van der Waals surface area contributed by atoms with E-state index >= 15 is 0 Å². The number of para-hydroxylation sites is 1. The van der Waals surface area contributed by atoms with E-state index in [1.165, 1.54) is 6.26 Å². The Morgan fingerprint density at radius 2 is 2.05 bits per heavy atom. The Balaban J connectivity index is 1.88. The number of furan rings is 1. The lowest BCUT2D eigenvalue weighted by atomic mass is 10.2. The average molecular weight is 321 g/mol. The second-order valence-electron chi connectivity index (χ2n) is 5.08. The lowest BCUT2D eigenvalue weighted by molar-refractivity contribution is 0.102. The smallest absolute Gasteiger partial charge is 0.259 e. The molecule has 1 aliphatic rings. The highest BCUT2D eigenvalue weighted by Crippen LogP contribution is 2.34. The Labute approximate surface area is 133 Å². The van der Waals surface area contributed by atoms with Gasteiger partial charge in [-0.05, 0) is 25.1 Å². The molecule has 1 fully saturated rings. The highest BCUT2D eigenvalue weighted by Gasteiger charge is 2.20. The molecular weight excluding hydrogens is 304 g/mol. The quantitative estimate of drug-likeness (QED) is 0.942. The zero-order valence-corrected chi connectivity index (χ0v) is 13.0. The third kappa shape index (κ3) is 2.96. The highest BCUT2D eigenvalue weighted by molar-refractivity contribution is 6.34. The van der Waals surface area contributed by atoms with Gasteiger partial charge in [0.15, 0.2) is 0 Å². The first-order valence-corrected chi connectivity index (χ1v) is 7.51. The van der Waals surface area contributed by atoms with E-state index in [-0.39, 0.29) is 5.91 Å². The molecule has 0 unspecified atom stereocenters. The summed E-state index contributed by atoms with van der Waals surface area (Å²) in [5.74, 6) is 0.385. The van der Waals surface area contributed by atoms with E-state index in [1.807, 2.05) is 18.2 Å². The minimum Gasteiger partial charge on any atom is -0.469 e. The van der Waals surface area contributed by atoms with Crippen molar-refractivity contribution >= 4 is 28.9 Å². The second-order valence-corrected chi connectivity index (χ2v) is 5.49. The maximum atomic E-state index is 12.4. The van der Waals surface area contributed by atoms with E-state index in [1.54, 1.807) is 13.0 Å². The summed E-state index contributed by atoms with van der Waals surface area (Å²) in [7, 11) is 0. The molecule has 0 aliphatic carbocycles. The van der Waals surface area contributed by atoms with Crippen molar-refractivity contribution in [3.63, 3.8) is 0 Å². The number of nitrogens with one attached hydrogen (secondary N) is 1. The number of anilines is 2. The zero-order valence-electron chi connectivity index (χ0n) is 12.3. The molecule has 1 N–H and O–H groups in total. The number of morpholine rings is 1. The van der Waals surface area contributed by atoms with Gasteiger partial charge >= 0.3 is 0 Å². The standard InChI is InChI=1S/C16H17ClN2O3/c1-11-12(5-8-22-11)16(20)18-14-4-2-3-13(17)15(14)19-6-9-21-10-7-19/h2-5,8H,6-7,9-10H2,1H3,(H,18,20). The van der Waals surface area contributed by atoms with Crippen LogP contribution in [0.4, 0.5) is 11.4 Å². The summed E-state index contributed by atoms with van der Waals surface area (Å²) < 4.78 is 10.6. The summed E-state index contributed by atoms with van der Waals surface area (Å²) in [6.07, 6.45) is 1.51. The molecule has 1 amide bonds. The van der Waals surface area contributed by atoms with Gasteiger partial charge in [0.2, 0.25) is 0 Å². The van der Waals surface area contributed by atoms with Gasteiger partial charge in [-0.25, -0.2) is 0 Å². The third-order valence-electron chi connectivity index (χ3n) is 3.67. The number of aryl methyl sites for hydroxylation is 1. The van der Waals surface area contributed by atoms with Gasteiger partial charge in [-0.15, -0.1) is 0 Å². The van der Waals surface area contributed by atoms with E-state index in [2.05, 4.69) is 10.2 Å². The van der Waals surface area contributed by atoms with Crippen LogP contribution in [0.15, 0.2) is 34.9 Å². The molecule has 0 atom stereocenters. The Morgan fingerprint density at radius 3 is 2.73 bits per heavy atom. The minimum atomic E-state index is -0.206. The normalized spacial score (nSPS) is 14.9. The molecule has 0 radical (unpaired) electrons. The largest absolute Gasteiger partial charge is 0.469 e. The third-order valence-corrected chi connectivity index (χ3v) is 3.97. The zero-order chi connectivity index (χ0) is 15.5. The number of hydrogen-bond donors (Lipinski definition) is 1. The fourth-order valence-corrected chi connectivity index (χ4v) is 2.83. The molecule has 116 valence electrons. The van der Waals surface area contributed by atoms with Gasteiger partial charge in [0.25, 0.3) is 5.91 Å². The number of carbonyl (C=O) groups is 1. The van der Waals surface area contributed by atoms with Crippen molar-refractivity contribution in [3.05, 3.63) is 46.9 Å². The number of benzene rings is 1. The summed E-state index contributed by atoms with van der Waals surface area (Å²) in [6, 6.07) is 7.16. The van der Waals surface area contributed by atoms with Crippen molar-refractivity contribution in [1.82, 2.24) is 0 Å². The van der Waals surface area contributed by atoms with E-state index in [9.17, 15) is 4.79 Å². The maximum absolute atomic E-state index is 12.4. The fourth-order valence-electron chi connectivity index (χ4n) is 2.53. The van der Waals surface area contributed by atoms with Gasteiger partial charge in [0.1, 0.15) is 5.76 Å². The molecule has 0 bridgehead atoms. The lowest BCUT2D eigenvalue weighted by Gasteiger charge is -2.31. The van der Waals surface area contributed by atoms with Gasteiger partial charge in [-0.3, -0.25) is 4.79 Å². The van der Waals surface area contributed by atoms with Crippen LogP contribution in [0.2, 0.25) is 5.02 Å². The predicted molar refractivity (Wildman–Crippen MR) is 85.9 cm³/mol. The number of carbonyl (C=O) groups excluding carboxylic acids is 1. The van der Waals surface area contributed by atoms with Gasteiger partial charge < -0.3 is 19.4 Å². The van der Waals surface area contributed by atoms with Gasteiger partial charge in [-0.1, -0.05) is 17.7 Å². The summed E-state index contributed by atoms with van der Waals surface area (Å²) in [5.41, 5.74) is 2.05. The molecule has 1 aromatic carbocycles. The second kappa shape index (κ2) is 6.42. The molecular formula is C16H17ClN2O3. The number of halogens is 1. The van der Waals surface area contributed by atoms with Gasteiger partial charge in [-0.2, -0.15) is 0 Å². The molecule has 1 aromatic heterocycles. The number of rotatable bonds is 3. The molecule has 1 aliphatic heterocycles. The molecule has 2 heterocycles. The molecule has 22 heavy (non-hydrogen) atoms. The van der Waals surface area contributed by atoms with Crippen molar-refractivity contribution in [2.45, 2.75) is 6.92 Å². The first-order valence-electron chi connectivity index (χ1n) is 7.13. The number of hydrogen-bond acceptors (Lipinski definition) is 4. The molecule has 6 heteroatoms. The summed E-state index contributed by atoms with van der Waals surface area (Å²) in [5, 5.41) is 3.54. The van der Waals surface area contributed by atoms with E-state index in [4.69, 9.17) is 20.8 Å². The van der Waals surface area contributed by atoms with Crippen molar-refractivity contribution in [3.8, 4) is 0 Å². The topological polar surface area (TPSA) is 54.7 Å². The van der Waals surface area contributed by atoms with Crippen LogP contribution >= 0.6 is 11.6 Å². The predicted octanol–water partition coefficient (Wildman–Crippen LogP) is 3.33. The first-order chi connectivity index (χ1) is 10.7. The fraction of sp³-hybridized carbons (Fsp3) is 0.312. The summed E-state index contributed by atoms with van der Waals surface area (Å²) in [6.45, 7) is 4.56. The molecule has 0 spiro atoms. The van der Waals surface area contributed by atoms with Gasteiger partial charge in [0, 0.05) is 13.1 Å². The average Bonchev–Trinajstić information content (AvgIpc) is 2.94. The summed E-state index contributed by atoms with van der Waals surface area (Å²) in [4.78, 5) is 14.5. The van der Waals surface area contributed by atoms with Crippen LogP contribution in [0.1, 0.15) is 16.1 Å². The maximum Gasteiger partial charge on any atom is 0.259 e. The molecule has 3 rings (SSSR count). The molecule has 1 saturated heterocycles. The Kier molecular flexibility index (Phi) is 4.36. The van der Waals surface area contributed by atoms with Crippen molar-refractivity contribution in [2.24, 2.45) is 0 Å². The van der Waals surface area contributed by atoms with E-state index in [0.717, 1.165) is 18.8 Å². The number of ether oxygens (including phenoxy) is 1. The molecule has 2 aromatic rings. The Hall–Kier alpha value is -1.98. The van der Waals surface area contributed by atoms with Crippen LogP contribution in [0.25, 0.3) is 0 Å². The lowest BCUT2D eigenvalue weighted by Crippen LogP contribution is -2.37. The number of nitrogens with zero attached hydrogens (tertiary/aromatic N) is 1. The Morgan fingerprint density at radius 1 is 1.27 bits per heavy atom. The van der Waals surface area contributed by atoms with E-state index < -0.39 is 0 Å². The van der Waals surface area contributed by atoms with Crippen LogP contribution in [0.3, 0.4) is 0 Å². The van der Waals surface area contributed by atoms with Crippen LogP contribution in [-0.4, -0.2) is 32.2 Å². The van der Waals surface area contributed by atoms with Crippen LogP contribution in [-0.2, 0) is 4.74 Å².